The predicted molar refractivity (Wildman–Crippen MR) is 80.1 cm³/mol. The minimum absolute atomic E-state index is 0.556. The molecule has 0 bridgehead atoms. The molecule has 1 heterocycles. The SMILES string of the molecule is COc1cc(Cc2nc3ccccc3s2)ccc1C#N. The monoisotopic (exact) mass is 280 g/mol. The number of rotatable bonds is 3. The molecule has 0 fully saturated rings. The molecule has 0 unspecified atom stereocenters. The number of ether oxygens (including phenoxy) is 1. The minimum Gasteiger partial charge on any atom is -0.495 e. The van der Waals surface area contributed by atoms with Gasteiger partial charge in [0.25, 0.3) is 0 Å². The molecule has 2 aromatic carbocycles. The normalized spacial score (nSPS) is 10.4. The second kappa shape index (κ2) is 5.32. The van der Waals surface area contributed by atoms with Gasteiger partial charge in [0.1, 0.15) is 11.8 Å². The third-order valence-electron chi connectivity index (χ3n) is 3.08. The molecule has 0 amide bonds. The van der Waals surface area contributed by atoms with Crippen molar-refractivity contribution in [1.82, 2.24) is 4.98 Å². The largest absolute Gasteiger partial charge is 0.495 e. The molecule has 3 rings (SSSR count). The fourth-order valence-electron chi connectivity index (χ4n) is 2.11. The number of hydrogen-bond donors (Lipinski definition) is 0. The minimum atomic E-state index is 0.556. The first kappa shape index (κ1) is 12.6. The van der Waals surface area contributed by atoms with Gasteiger partial charge in [-0.2, -0.15) is 5.26 Å². The first-order valence-electron chi connectivity index (χ1n) is 6.21. The Labute approximate surface area is 121 Å². The number of fused-ring (bicyclic) bond motifs is 1. The molecular weight excluding hydrogens is 268 g/mol. The molecular formula is C16H12N2OS. The molecule has 0 N–H and O–H groups in total. The van der Waals surface area contributed by atoms with Crippen molar-refractivity contribution in [2.45, 2.75) is 6.42 Å². The van der Waals surface area contributed by atoms with Crippen LogP contribution in [-0.4, -0.2) is 12.1 Å². The van der Waals surface area contributed by atoms with Gasteiger partial charge in [-0.25, -0.2) is 4.98 Å². The van der Waals surface area contributed by atoms with E-state index in [0.29, 0.717) is 11.3 Å². The Morgan fingerprint density at radius 3 is 2.85 bits per heavy atom. The summed E-state index contributed by atoms with van der Waals surface area (Å²) in [7, 11) is 1.58. The van der Waals surface area contributed by atoms with Crippen LogP contribution in [0.2, 0.25) is 0 Å². The van der Waals surface area contributed by atoms with Gasteiger partial charge in [-0.15, -0.1) is 11.3 Å². The molecule has 3 aromatic rings. The van der Waals surface area contributed by atoms with Crippen molar-refractivity contribution in [1.29, 1.82) is 5.26 Å². The molecule has 0 aliphatic rings. The Bertz CT molecular complexity index is 769. The highest BCUT2D eigenvalue weighted by Gasteiger charge is 2.07. The van der Waals surface area contributed by atoms with Gasteiger partial charge in [0.2, 0.25) is 0 Å². The maximum Gasteiger partial charge on any atom is 0.136 e. The number of nitrogens with zero attached hydrogens (tertiary/aromatic N) is 2. The average Bonchev–Trinajstić information content (AvgIpc) is 2.89. The summed E-state index contributed by atoms with van der Waals surface area (Å²) in [6.45, 7) is 0. The summed E-state index contributed by atoms with van der Waals surface area (Å²) in [5.74, 6) is 0.617. The van der Waals surface area contributed by atoms with Crippen molar-refractivity contribution in [3.05, 3.63) is 58.6 Å². The Balaban J connectivity index is 1.92. The quantitative estimate of drug-likeness (QED) is 0.733. The van der Waals surface area contributed by atoms with E-state index in [-0.39, 0.29) is 0 Å². The fourth-order valence-corrected chi connectivity index (χ4v) is 3.11. The van der Waals surface area contributed by atoms with Crippen LogP contribution < -0.4 is 4.74 Å². The van der Waals surface area contributed by atoms with Crippen molar-refractivity contribution >= 4 is 21.6 Å². The Morgan fingerprint density at radius 2 is 2.10 bits per heavy atom. The number of hydrogen-bond acceptors (Lipinski definition) is 4. The lowest BCUT2D eigenvalue weighted by Crippen LogP contribution is -1.92. The smallest absolute Gasteiger partial charge is 0.136 e. The van der Waals surface area contributed by atoms with Gasteiger partial charge >= 0.3 is 0 Å². The molecule has 0 radical (unpaired) electrons. The number of benzene rings is 2. The molecule has 0 aliphatic heterocycles. The van der Waals surface area contributed by atoms with E-state index >= 15 is 0 Å². The maximum atomic E-state index is 8.99. The summed E-state index contributed by atoms with van der Waals surface area (Å²) in [4.78, 5) is 4.62. The lowest BCUT2D eigenvalue weighted by atomic mass is 10.1. The summed E-state index contributed by atoms with van der Waals surface area (Å²) >= 11 is 1.70. The molecule has 98 valence electrons. The van der Waals surface area contributed by atoms with Crippen LogP contribution in [0.5, 0.6) is 5.75 Å². The second-order valence-electron chi connectivity index (χ2n) is 4.40. The lowest BCUT2D eigenvalue weighted by molar-refractivity contribution is 0.413. The van der Waals surface area contributed by atoms with E-state index in [1.807, 2.05) is 30.3 Å². The van der Waals surface area contributed by atoms with Crippen LogP contribution in [0, 0.1) is 11.3 Å². The van der Waals surface area contributed by atoms with Crippen molar-refractivity contribution in [3.8, 4) is 11.8 Å². The van der Waals surface area contributed by atoms with Crippen LogP contribution in [0.3, 0.4) is 0 Å². The first-order chi connectivity index (χ1) is 9.80. The lowest BCUT2D eigenvalue weighted by Gasteiger charge is -2.04. The summed E-state index contributed by atoms with van der Waals surface area (Å²) in [6, 6.07) is 15.9. The Kier molecular flexibility index (Phi) is 3.36. The van der Waals surface area contributed by atoms with Gasteiger partial charge in [-0.05, 0) is 29.8 Å². The summed E-state index contributed by atoms with van der Waals surface area (Å²) in [6.07, 6.45) is 0.751. The first-order valence-corrected chi connectivity index (χ1v) is 7.03. The standard InChI is InChI=1S/C16H12N2OS/c1-19-14-8-11(6-7-12(14)10-17)9-16-18-13-4-2-3-5-15(13)20-16/h2-8H,9H2,1H3. The third kappa shape index (κ3) is 2.36. The summed E-state index contributed by atoms with van der Waals surface area (Å²) in [5, 5.41) is 10.1. The van der Waals surface area contributed by atoms with Gasteiger partial charge in [0.05, 0.1) is 27.9 Å². The third-order valence-corrected chi connectivity index (χ3v) is 4.12. The second-order valence-corrected chi connectivity index (χ2v) is 5.51. The number of aromatic nitrogens is 1. The molecule has 0 spiro atoms. The van der Waals surface area contributed by atoms with E-state index in [1.165, 1.54) is 4.70 Å². The van der Waals surface area contributed by atoms with Crippen LogP contribution in [0.15, 0.2) is 42.5 Å². The van der Waals surface area contributed by atoms with Gasteiger partial charge in [-0.3, -0.25) is 0 Å². The van der Waals surface area contributed by atoms with Crippen molar-refractivity contribution in [2.75, 3.05) is 7.11 Å². The molecule has 4 heteroatoms. The number of thiazole rings is 1. The van der Waals surface area contributed by atoms with Gasteiger partial charge in [-0.1, -0.05) is 18.2 Å². The molecule has 20 heavy (non-hydrogen) atoms. The van der Waals surface area contributed by atoms with Gasteiger partial charge in [0.15, 0.2) is 0 Å². The molecule has 0 saturated carbocycles. The van der Waals surface area contributed by atoms with Crippen LogP contribution in [0.25, 0.3) is 10.2 Å². The average molecular weight is 280 g/mol. The molecule has 0 atom stereocenters. The van der Waals surface area contributed by atoms with Crippen LogP contribution >= 0.6 is 11.3 Å². The number of nitriles is 1. The molecule has 0 saturated heterocycles. The van der Waals surface area contributed by atoms with Crippen LogP contribution in [0.1, 0.15) is 16.1 Å². The van der Waals surface area contributed by atoms with E-state index in [0.717, 1.165) is 22.5 Å². The Morgan fingerprint density at radius 1 is 1.25 bits per heavy atom. The highest BCUT2D eigenvalue weighted by molar-refractivity contribution is 7.18. The Hall–Kier alpha value is -2.38. The summed E-state index contributed by atoms with van der Waals surface area (Å²) in [5.41, 5.74) is 2.69. The van der Waals surface area contributed by atoms with E-state index in [4.69, 9.17) is 10.00 Å². The highest BCUT2D eigenvalue weighted by atomic mass is 32.1. The van der Waals surface area contributed by atoms with Gasteiger partial charge in [0, 0.05) is 6.42 Å². The highest BCUT2D eigenvalue weighted by Crippen LogP contribution is 2.26. The molecule has 1 aromatic heterocycles. The maximum absolute atomic E-state index is 8.99. The van der Waals surface area contributed by atoms with E-state index in [1.54, 1.807) is 24.5 Å². The van der Waals surface area contributed by atoms with E-state index < -0.39 is 0 Å². The molecule has 0 aliphatic carbocycles. The number of para-hydroxylation sites is 1. The topological polar surface area (TPSA) is 45.9 Å². The van der Waals surface area contributed by atoms with E-state index in [9.17, 15) is 0 Å². The zero-order chi connectivity index (χ0) is 13.9. The zero-order valence-electron chi connectivity index (χ0n) is 11.0. The zero-order valence-corrected chi connectivity index (χ0v) is 11.8. The van der Waals surface area contributed by atoms with Crippen LogP contribution in [0.4, 0.5) is 0 Å². The number of methoxy groups -OCH3 is 1. The van der Waals surface area contributed by atoms with Crippen LogP contribution in [-0.2, 0) is 6.42 Å². The fraction of sp³-hybridized carbons (Fsp3) is 0.125. The molecule has 3 nitrogen and oxygen atoms in total. The summed E-state index contributed by atoms with van der Waals surface area (Å²) < 4.78 is 6.43. The van der Waals surface area contributed by atoms with Crippen molar-refractivity contribution in [3.63, 3.8) is 0 Å². The van der Waals surface area contributed by atoms with Gasteiger partial charge < -0.3 is 4.74 Å². The van der Waals surface area contributed by atoms with E-state index in [2.05, 4.69) is 17.1 Å². The van der Waals surface area contributed by atoms with Crippen molar-refractivity contribution in [2.24, 2.45) is 0 Å². The van der Waals surface area contributed by atoms with Crippen molar-refractivity contribution < 1.29 is 4.74 Å². The predicted octanol–water partition coefficient (Wildman–Crippen LogP) is 3.77.